The molecule has 0 aromatic heterocycles. The number of ether oxygens (including phenoxy) is 1. The van der Waals surface area contributed by atoms with Gasteiger partial charge in [-0.3, -0.25) is 0 Å². The van der Waals surface area contributed by atoms with Gasteiger partial charge in [-0.15, -0.1) is 0 Å². The molecule has 0 saturated heterocycles. The summed E-state index contributed by atoms with van der Waals surface area (Å²) in [6, 6.07) is 7.41. The molecule has 98 valence electrons. The van der Waals surface area contributed by atoms with Gasteiger partial charge in [-0.2, -0.15) is 5.26 Å². The minimum Gasteiger partial charge on any atom is -0.495 e. The molecule has 0 atom stereocenters. The van der Waals surface area contributed by atoms with Crippen LogP contribution in [0.1, 0.15) is 32.3 Å². The van der Waals surface area contributed by atoms with E-state index in [0.717, 1.165) is 0 Å². The Balaban J connectivity index is 2.94. The zero-order valence-electron chi connectivity index (χ0n) is 11.2. The van der Waals surface area contributed by atoms with Crippen molar-refractivity contribution in [3.63, 3.8) is 0 Å². The van der Waals surface area contributed by atoms with Gasteiger partial charge in [-0.05, 0) is 25.0 Å². The summed E-state index contributed by atoms with van der Waals surface area (Å²) in [6.07, 6.45) is 1.32. The molecule has 4 nitrogen and oxygen atoms in total. The van der Waals surface area contributed by atoms with E-state index in [4.69, 9.17) is 10.00 Å². The number of nitrogens with one attached hydrogen (secondary N) is 1. The highest BCUT2D eigenvalue weighted by Gasteiger charge is 2.22. The zero-order chi connectivity index (χ0) is 13.6. The van der Waals surface area contributed by atoms with Crippen molar-refractivity contribution in [3.05, 3.63) is 23.8 Å². The van der Waals surface area contributed by atoms with Gasteiger partial charge in [-0.1, -0.05) is 19.9 Å². The molecule has 2 N–H and O–H groups in total. The van der Waals surface area contributed by atoms with Gasteiger partial charge < -0.3 is 15.2 Å². The van der Waals surface area contributed by atoms with Gasteiger partial charge in [0.1, 0.15) is 11.8 Å². The van der Waals surface area contributed by atoms with Crippen molar-refractivity contribution in [2.45, 2.75) is 32.3 Å². The molecular formula is C14H20N2O2. The van der Waals surface area contributed by atoms with E-state index in [2.05, 4.69) is 11.4 Å². The number of aliphatic hydroxyl groups is 1. The van der Waals surface area contributed by atoms with Crippen molar-refractivity contribution in [3.8, 4) is 11.8 Å². The highest BCUT2D eigenvalue weighted by molar-refractivity contribution is 5.66. The molecule has 0 heterocycles. The lowest BCUT2D eigenvalue weighted by atomic mass is 9.97. The minimum absolute atomic E-state index is 0.398. The predicted octanol–water partition coefficient (Wildman–Crippen LogP) is 2.53. The highest BCUT2D eigenvalue weighted by Crippen LogP contribution is 2.29. The van der Waals surface area contributed by atoms with E-state index in [1.807, 2.05) is 13.8 Å². The number of benzene rings is 1. The van der Waals surface area contributed by atoms with Crippen LogP contribution in [0.2, 0.25) is 0 Å². The molecule has 0 aliphatic heterocycles. The number of nitriles is 1. The molecule has 18 heavy (non-hydrogen) atoms. The van der Waals surface area contributed by atoms with Crippen LogP contribution in [0.3, 0.4) is 0 Å². The molecule has 0 unspecified atom stereocenters. The van der Waals surface area contributed by atoms with Crippen LogP contribution in [0.4, 0.5) is 5.69 Å². The molecule has 1 rings (SSSR count). The van der Waals surface area contributed by atoms with E-state index in [0.29, 0.717) is 36.4 Å². The molecule has 0 fully saturated rings. The van der Waals surface area contributed by atoms with Gasteiger partial charge in [0.15, 0.2) is 0 Å². The molecule has 0 saturated carbocycles. The average Bonchev–Trinajstić information content (AvgIpc) is 2.44. The van der Waals surface area contributed by atoms with E-state index in [-0.39, 0.29) is 0 Å². The van der Waals surface area contributed by atoms with Crippen LogP contribution in [0.5, 0.6) is 5.75 Å². The number of hydrogen-bond acceptors (Lipinski definition) is 4. The van der Waals surface area contributed by atoms with Gasteiger partial charge in [-0.25, -0.2) is 0 Å². The fraction of sp³-hybridized carbons (Fsp3) is 0.500. The van der Waals surface area contributed by atoms with E-state index >= 15 is 0 Å². The molecule has 0 radical (unpaired) electrons. The quantitative estimate of drug-likeness (QED) is 0.812. The van der Waals surface area contributed by atoms with Crippen molar-refractivity contribution in [2.24, 2.45) is 0 Å². The number of para-hydroxylation sites is 1. The Morgan fingerprint density at radius 3 is 2.56 bits per heavy atom. The number of methoxy groups -OCH3 is 1. The fourth-order valence-electron chi connectivity index (χ4n) is 1.73. The van der Waals surface area contributed by atoms with Crippen molar-refractivity contribution >= 4 is 5.69 Å². The van der Waals surface area contributed by atoms with Crippen LogP contribution in [0.15, 0.2) is 18.2 Å². The van der Waals surface area contributed by atoms with E-state index in [1.165, 1.54) is 0 Å². The Morgan fingerprint density at radius 1 is 1.39 bits per heavy atom. The number of hydrogen-bond donors (Lipinski definition) is 2. The Bertz CT molecular complexity index is 434. The summed E-state index contributed by atoms with van der Waals surface area (Å²) in [4.78, 5) is 0. The third-order valence-corrected chi connectivity index (χ3v) is 3.28. The first kappa shape index (κ1) is 14.3. The third-order valence-electron chi connectivity index (χ3n) is 3.28. The molecule has 0 amide bonds. The van der Waals surface area contributed by atoms with Crippen molar-refractivity contribution in [2.75, 3.05) is 19.0 Å². The summed E-state index contributed by atoms with van der Waals surface area (Å²) in [5, 5.41) is 22.4. The lowest BCUT2D eigenvalue weighted by Gasteiger charge is -2.26. The van der Waals surface area contributed by atoms with Crippen LogP contribution in [0.25, 0.3) is 0 Å². The summed E-state index contributed by atoms with van der Waals surface area (Å²) in [5.74, 6) is 0.614. The second-order valence-electron chi connectivity index (χ2n) is 4.28. The van der Waals surface area contributed by atoms with E-state index < -0.39 is 5.60 Å². The minimum atomic E-state index is -0.756. The summed E-state index contributed by atoms with van der Waals surface area (Å²) >= 11 is 0. The second-order valence-corrected chi connectivity index (χ2v) is 4.28. The van der Waals surface area contributed by atoms with Crippen molar-refractivity contribution in [1.82, 2.24) is 0 Å². The van der Waals surface area contributed by atoms with Crippen LogP contribution in [-0.4, -0.2) is 24.4 Å². The molecular weight excluding hydrogens is 228 g/mol. The monoisotopic (exact) mass is 248 g/mol. The molecule has 1 aromatic rings. The number of rotatable bonds is 6. The van der Waals surface area contributed by atoms with Gasteiger partial charge in [0, 0.05) is 6.54 Å². The maximum absolute atomic E-state index is 10.2. The maximum atomic E-state index is 10.2. The van der Waals surface area contributed by atoms with Crippen LogP contribution >= 0.6 is 0 Å². The normalized spacial score (nSPS) is 10.8. The Kier molecular flexibility index (Phi) is 4.99. The summed E-state index contributed by atoms with van der Waals surface area (Å²) < 4.78 is 5.23. The van der Waals surface area contributed by atoms with E-state index in [1.54, 1.807) is 25.3 Å². The molecule has 0 aliphatic carbocycles. The smallest absolute Gasteiger partial charge is 0.143 e. The van der Waals surface area contributed by atoms with Gasteiger partial charge in [0.05, 0.1) is 24.0 Å². The number of anilines is 1. The Morgan fingerprint density at radius 2 is 2.06 bits per heavy atom. The average molecular weight is 248 g/mol. The zero-order valence-corrected chi connectivity index (χ0v) is 11.2. The first-order chi connectivity index (χ1) is 8.60. The molecule has 0 aliphatic rings. The predicted molar refractivity (Wildman–Crippen MR) is 71.7 cm³/mol. The van der Waals surface area contributed by atoms with Gasteiger partial charge in [0.2, 0.25) is 0 Å². The SMILES string of the molecule is CCC(O)(CC)CNc1c(C#N)cccc1OC. The maximum Gasteiger partial charge on any atom is 0.143 e. The first-order valence-corrected chi connectivity index (χ1v) is 6.13. The standard InChI is InChI=1S/C14H20N2O2/c1-4-14(17,5-2)10-16-13-11(9-15)7-6-8-12(13)18-3/h6-8,16-17H,4-5,10H2,1-3H3. The summed E-state index contributed by atoms with van der Waals surface area (Å²) in [7, 11) is 1.56. The highest BCUT2D eigenvalue weighted by atomic mass is 16.5. The Labute approximate surface area is 108 Å². The Hall–Kier alpha value is -1.73. The largest absolute Gasteiger partial charge is 0.495 e. The van der Waals surface area contributed by atoms with Crippen molar-refractivity contribution in [1.29, 1.82) is 5.26 Å². The third kappa shape index (κ3) is 3.14. The molecule has 0 spiro atoms. The number of nitrogens with zero attached hydrogens (tertiary/aromatic N) is 1. The first-order valence-electron chi connectivity index (χ1n) is 6.13. The lowest BCUT2D eigenvalue weighted by molar-refractivity contribution is 0.0457. The van der Waals surface area contributed by atoms with Crippen molar-refractivity contribution < 1.29 is 9.84 Å². The van der Waals surface area contributed by atoms with Crippen LogP contribution in [-0.2, 0) is 0 Å². The summed E-state index contributed by atoms with van der Waals surface area (Å²) in [5.41, 5.74) is 0.403. The molecule has 4 heteroatoms. The van der Waals surface area contributed by atoms with E-state index in [9.17, 15) is 5.11 Å². The fourth-order valence-corrected chi connectivity index (χ4v) is 1.73. The van der Waals surface area contributed by atoms with Crippen LogP contribution in [0, 0.1) is 11.3 Å². The van der Waals surface area contributed by atoms with Gasteiger partial charge >= 0.3 is 0 Å². The van der Waals surface area contributed by atoms with Gasteiger partial charge in [0.25, 0.3) is 0 Å². The van der Waals surface area contributed by atoms with Crippen LogP contribution < -0.4 is 10.1 Å². The topological polar surface area (TPSA) is 65.3 Å². The molecule has 0 bridgehead atoms. The lowest BCUT2D eigenvalue weighted by Crippen LogP contribution is -2.35. The molecule has 1 aromatic carbocycles. The summed E-state index contributed by atoms with van der Waals surface area (Å²) in [6.45, 7) is 4.28. The second kappa shape index (κ2) is 6.27.